The third-order valence-electron chi connectivity index (χ3n) is 6.37. The lowest BCUT2D eigenvalue weighted by Crippen LogP contribution is -2.51. The van der Waals surface area contributed by atoms with Crippen LogP contribution in [-0.2, 0) is 16.6 Å². The summed E-state index contributed by atoms with van der Waals surface area (Å²) >= 11 is 0. The fourth-order valence-corrected chi connectivity index (χ4v) is 4.76. The summed E-state index contributed by atoms with van der Waals surface area (Å²) in [5.74, 6) is -0.913. The van der Waals surface area contributed by atoms with E-state index < -0.39 is 11.8 Å². The van der Waals surface area contributed by atoms with Gasteiger partial charge in [-0.3, -0.25) is 14.4 Å². The quantitative estimate of drug-likeness (QED) is 0.566. The zero-order valence-electron chi connectivity index (χ0n) is 17.8. The van der Waals surface area contributed by atoms with Crippen LogP contribution < -0.4 is 10.6 Å². The summed E-state index contributed by atoms with van der Waals surface area (Å²) in [7, 11) is 1.75. The predicted molar refractivity (Wildman–Crippen MR) is 117 cm³/mol. The van der Waals surface area contributed by atoms with E-state index in [2.05, 4.69) is 20.5 Å². The molecule has 2 N–H and O–H groups in total. The van der Waals surface area contributed by atoms with Crippen LogP contribution in [-0.4, -0.2) is 57.7 Å². The van der Waals surface area contributed by atoms with Gasteiger partial charge in [0, 0.05) is 43.3 Å². The van der Waals surface area contributed by atoms with Crippen molar-refractivity contribution in [3.05, 3.63) is 48.0 Å². The number of benzene rings is 1. The van der Waals surface area contributed by atoms with Crippen molar-refractivity contribution in [1.82, 2.24) is 19.8 Å². The molecule has 2 aromatic rings. The Kier molecular flexibility index (Phi) is 6.46. The van der Waals surface area contributed by atoms with Crippen LogP contribution in [0, 0.1) is 5.92 Å². The van der Waals surface area contributed by atoms with Crippen LogP contribution in [0.2, 0.25) is 0 Å². The number of ketones is 1. The molecule has 8 nitrogen and oxygen atoms in total. The van der Waals surface area contributed by atoms with E-state index in [0.717, 1.165) is 25.9 Å². The van der Waals surface area contributed by atoms with Crippen molar-refractivity contribution in [1.29, 1.82) is 0 Å². The Bertz CT molecular complexity index is 968. The number of hydrogen-bond acceptors (Lipinski definition) is 5. The number of piperidine rings is 2. The Morgan fingerprint density at radius 3 is 2.74 bits per heavy atom. The highest BCUT2D eigenvalue weighted by Crippen LogP contribution is 2.30. The number of amides is 2. The third kappa shape index (κ3) is 4.85. The average molecular weight is 424 g/mol. The largest absolute Gasteiger partial charge is 0.347 e. The number of aromatic nitrogens is 2. The van der Waals surface area contributed by atoms with E-state index in [-0.39, 0.29) is 5.78 Å². The molecule has 31 heavy (non-hydrogen) atoms. The summed E-state index contributed by atoms with van der Waals surface area (Å²) in [4.78, 5) is 44.0. The second-order valence-corrected chi connectivity index (χ2v) is 8.44. The highest BCUT2D eigenvalue weighted by molar-refractivity contribution is 6.39. The number of rotatable bonds is 5. The Hall–Kier alpha value is -3.00. The van der Waals surface area contributed by atoms with Gasteiger partial charge in [0.15, 0.2) is 5.82 Å². The van der Waals surface area contributed by atoms with Crippen molar-refractivity contribution in [2.24, 2.45) is 13.0 Å². The van der Waals surface area contributed by atoms with Gasteiger partial charge < -0.3 is 20.1 Å². The first kappa shape index (κ1) is 21.2. The molecule has 2 saturated heterocycles. The number of nitrogens with one attached hydrogen (secondary N) is 2. The second-order valence-electron chi connectivity index (χ2n) is 8.44. The van der Waals surface area contributed by atoms with Gasteiger partial charge in [0.05, 0.1) is 0 Å². The molecule has 4 rings (SSSR count). The highest BCUT2D eigenvalue weighted by atomic mass is 16.2. The molecule has 1 unspecified atom stereocenters. The maximum Gasteiger partial charge on any atom is 0.313 e. The maximum atomic E-state index is 12.6. The van der Waals surface area contributed by atoms with Gasteiger partial charge in [-0.25, -0.2) is 4.98 Å². The third-order valence-corrected chi connectivity index (χ3v) is 6.37. The number of anilines is 1. The summed E-state index contributed by atoms with van der Waals surface area (Å²) in [6, 6.07) is 7.06. The molecule has 0 saturated carbocycles. The van der Waals surface area contributed by atoms with E-state index in [0.29, 0.717) is 35.6 Å². The summed E-state index contributed by atoms with van der Waals surface area (Å²) < 4.78 is 1.64. The number of hydrogen-bond donors (Lipinski definition) is 2. The van der Waals surface area contributed by atoms with E-state index in [1.165, 1.54) is 19.3 Å². The first-order valence-corrected chi connectivity index (χ1v) is 11.0. The molecule has 1 aromatic heterocycles. The van der Waals surface area contributed by atoms with E-state index in [9.17, 15) is 14.4 Å². The minimum atomic E-state index is -0.724. The van der Waals surface area contributed by atoms with E-state index in [4.69, 9.17) is 0 Å². The van der Waals surface area contributed by atoms with E-state index in [1.807, 2.05) is 0 Å². The SMILES string of the molecule is Cn1ccnc1C(=O)c1cccc(NC(=O)C(=O)NC[C@@H]2CCCN3CCCCC23)c1. The molecule has 2 amide bonds. The van der Waals surface area contributed by atoms with E-state index in [1.54, 1.807) is 48.3 Å². The Labute approximate surface area is 182 Å². The number of imidazole rings is 1. The Balaban J connectivity index is 1.33. The number of carbonyl (C=O) groups is 3. The number of carbonyl (C=O) groups excluding carboxylic acids is 3. The standard InChI is InChI=1S/C23H29N5O3/c1-27-13-10-24-21(27)20(29)16-6-4-8-18(14-16)26-23(31)22(30)25-15-17-7-5-12-28-11-3-2-9-19(17)28/h4,6,8,10,13-14,17,19H,2-3,5,7,9,11-12,15H2,1H3,(H,25,30)(H,26,31)/t17-,19?/m0/s1. The van der Waals surface area contributed by atoms with Crippen LogP contribution in [0.25, 0.3) is 0 Å². The highest BCUT2D eigenvalue weighted by Gasteiger charge is 2.33. The van der Waals surface area contributed by atoms with Gasteiger partial charge in [0.25, 0.3) is 0 Å². The minimum absolute atomic E-state index is 0.248. The monoisotopic (exact) mass is 423 g/mol. The van der Waals surface area contributed by atoms with Crippen molar-refractivity contribution in [2.45, 2.75) is 38.1 Å². The molecule has 2 fully saturated rings. The number of fused-ring (bicyclic) bond motifs is 1. The summed E-state index contributed by atoms with van der Waals surface area (Å²) in [6.45, 7) is 2.80. The molecule has 0 radical (unpaired) electrons. The van der Waals surface area contributed by atoms with Gasteiger partial charge in [-0.2, -0.15) is 0 Å². The first-order chi connectivity index (χ1) is 15.0. The topological polar surface area (TPSA) is 96.3 Å². The van der Waals surface area contributed by atoms with Crippen molar-refractivity contribution < 1.29 is 14.4 Å². The van der Waals surface area contributed by atoms with Gasteiger partial charge in [0.1, 0.15) is 0 Å². The lowest BCUT2D eigenvalue weighted by Gasteiger charge is -2.44. The summed E-state index contributed by atoms with van der Waals surface area (Å²) in [6.07, 6.45) is 9.13. The fraction of sp³-hybridized carbons (Fsp3) is 0.478. The van der Waals surface area contributed by atoms with Crippen LogP contribution in [0.3, 0.4) is 0 Å². The van der Waals surface area contributed by atoms with Crippen LogP contribution in [0.4, 0.5) is 5.69 Å². The van der Waals surface area contributed by atoms with Crippen molar-refractivity contribution in [3.63, 3.8) is 0 Å². The van der Waals surface area contributed by atoms with Gasteiger partial charge in [-0.1, -0.05) is 18.6 Å². The predicted octanol–water partition coefficient (Wildman–Crippen LogP) is 1.97. The molecule has 164 valence electrons. The lowest BCUT2D eigenvalue weighted by atomic mass is 9.83. The number of aryl methyl sites for hydroxylation is 1. The van der Waals surface area contributed by atoms with Gasteiger partial charge >= 0.3 is 11.8 Å². The van der Waals surface area contributed by atoms with Crippen LogP contribution in [0.5, 0.6) is 0 Å². The molecule has 0 spiro atoms. The van der Waals surface area contributed by atoms with Crippen LogP contribution in [0.1, 0.15) is 48.3 Å². The molecule has 2 aliphatic rings. The minimum Gasteiger partial charge on any atom is -0.347 e. The maximum absolute atomic E-state index is 12.6. The Morgan fingerprint density at radius 2 is 1.94 bits per heavy atom. The fourth-order valence-electron chi connectivity index (χ4n) is 4.76. The smallest absolute Gasteiger partial charge is 0.313 e. The Morgan fingerprint density at radius 1 is 1.10 bits per heavy atom. The molecule has 0 bridgehead atoms. The van der Waals surface area contributed by atoms with Crippen molar-refractivity contribution in [3.8, 4) is 0 Å². The van der Waals surface area contributed by atoms with Crippen molar-refractivity contribution >= 4 is 23.3 Å². The zero-order valence-corrected chi connectivity index (χ0v) is 17.8. The van der Waals surface area contributed by atoms with Crippen LogP contribution in [0.15, 0.2) is 36.7 Å². The number of nitrogens with zero attached hydrogens (tertiary/aromatic N) is 3. The molecular weight excluding hydrogens is 394 g/mol. The van der Waals surface area contributed by atoms with Crippen molar-refractivity contribution in [2.75, 3.05) is 25.0 Å². The molecule has 8 heteroatoms. The summed E-state index contributed by atoms with van der Waals surface area (Å²) in [5, 5.41) is 5.41. The summed E-state index contributed by atoms with van der Waals surface area (Å²) in [5.41, 5.74) is 0.795. The van der Waals surface area contributed by atoms with Gasteiger partial charge in [-0.15, -0.1) is 0 Å². The zero-order chi connectivity index (χ0) is 21.8. The molecular formula is C23H29N5O3. The first-order valence-electron chi connectivity index (χ1n) is 11.0. The molecule has 2 atom stereocenters. The van der Waals surface area contributed by atoms with Gasteiger partial charge in [-0.05, 0) is 56.8 Å². The van der Waals surface area contributed by atoms with E-state index >= 15 is 0 Å². The molecule has 0 aliphatic carbocycles. The molecule has 3 heterocycles. The van der Waals surface area contributed by atoms with Crippen LogP contribution >= 0.6 is 0 Å². The normalized spacial score (nSPS) is 21.2. The molecule has 1 aromatic carbocycles. The average Bonchev–Trinajstić information content (AvgIpc) is 3.22. The second kappa shape index (κ2) is 9.43. The van der Waals surface area contributed by atoms with Gasteiger partial charge in [0.2, 0.25) is 5.78 Å². The lowest BCUT2D eigenvalue weighted by molar-refractivity contribution is -0.136. The molecule has 2 aliphatic heterocycles.